The first-order valence-electron chi connectivity index (χ1n) is 3.86. The molecule has 2 rings (SSSR count). The monoisotopic (exact) mass is 192 g/mol. The van der Waals surface area contributed by atoms with Gasteiger partial charge in [-0.1, -0.05) is 0 Å². The van der Waals surface area contributed by atoms with E-state index >= 15 is 0 Å². The van der Waals surface area contributed by atoms with Gasteiger partial charge in [0.15, 0.2) is 6.29 Å². The van der Waals surface area contributed by atoms with E-state index in [4.69, 9.17) is 0 Å². The van der Waals surface area contributed by atoms with Crippen LogP contribution >= 0.6 is 11.3 Å². The standard InChI is InChI=1S/C9H8N2OS/c1-6-2-3-13-8(6)9-10-4-7(5-12)11-9/h2-5H,1H3,(H,10,11). The predicted molar refractivity (Wildman–Crippen MR) is 52.0 cm³/mol. The van der Waals surface area contributed by atoms with Crippen molar-refractivity contribution in [1.82, 2.24) is 9.97 Å². The van der Waals surface area contributed by atoms with Gasteiger partial charge in [-0.25, -0.2) is 4.98 Å². The minimum Gasteiger partial charge on any atom is -0.343 e. The number of carbonyl (C=O) groups excluding carboxylic acids is 1. The van der Waals surface area contributed by atoms with Gasteiger partial charge in [-0.3, -0.25) is 4.79 Å². The number of imidazole rings is 1. The van der Waals surface area contributed by atoms with Crippen molar-refractivity contribution in [3.05, 3.63) is 28.9 Å². The highest BCUT2D eigenvalue weighted by Crippen LogP contribution is 2.25. The maximum absolute atomic E-state index is 10.4. The van der Waals surface area contributed by atoms with Crippen molar-refractivity contribution < 1.29 is 4.79 Å². The third-order valence-corrected chi connectivity index (χ3v) is 2.82. The van der Waals surface area contributed by atoms with E-state index in [9.17, 15) is 4.79 Å². The number of hydrogen-bond acceptors (Lipinski definition) is 3. The first-order valence-corrected chi connectivity index (χ1v) is 4.74. The molecule has 0 amide bonds. The van der Waals surface area contributed by atoms with Crippen LogP contribution < -0.4 is 0 Å². The summed E-state index contributed by atoms with van der Waals surface area (Å²) in [5, 5.41) is 2.01. The maximum atomic E-state index is 10.4. The third kappa shape index (κ3) is 1.40. The van der Waals surface area contributed by atoms with Crippen LogP contribution in [-0.4, -0.2) is 16.3 Å². The number of nitrogens with one attached hydrogen (secondary N) is 1. The molecule has 0 aliphatic rings. The van der Waals surface area contributed by atoms with Crippen LogP contribution in [0.5, 0.6) is 0 Å². The summed E-state index contributed by atoms with van der Waals surface area (Å²) in [6, 6.07) is 2.03. The largest absolute Gasteiger partial charge is 0.343 e. The Bertz CT molecular complexity index is 430. The van der Waals surface area contributed by atoms with E-state index in [1.54, 1.807) is 17.5 Å². The van der Waals surface area contributed by atoms with Gasteiger partial charge in [0.2, 0.25) is 0 Å². The van der Waals surface area contributed by atoms with Gasteiger partial charge in [0.1, 0.15) is 11.5 Å². The SMILES string of the molecule is Cc1ccsc1-c1nc(C=O)c[nH]1. The Labute approximate surface area is 79.4 Å². The topological polar surface area (TPSA) is 45.8 Å². The van der Waals surface area contributed by atoms with Gasteiger partial charge >= 0.3 is 0 Å². The molecule has 4 heteroatoms. The number of thiophene rings is 1. The lowest BCUT2D eigenvalue weighted by Crippen LogP contribution is -1.80. The zero-order valence-electron chi connectivity index (χ0n) is 7.07. The minimum absolute atomic E-state index is 0.447. The molecule has 0 saturated carbocycles. The lowest BCUT2D eigenvalue weighted by molar-refractivity contribution is 0.111. The molecule has 3 nitrogen and oxygen atoms in total. The lowest BCUT2D eigenvalue weighted by atomic mass is 10.3. The molecule has 0 atom stereocenters. The fourth-order valence-corrected chi connectivity index (χ4v) is 2.01. The van der Waals surface area contributed by atoms with Crippen LogP contribution in [0.3, 0.4) is 0 Å². The Balaban J connectivity index is 2.46. The highest BCUT2D eigenvalue weighted by atomic mass is 32.1. The average Bonchev–Trinajstić information content (AvgIpc) is 2.71. The number of hydrogen-bond donors (Lipinski definition) is 1. The van der Waals surface area contributed by atoms with Crippen molar-refractivity contribution in [3.63, 3.8) is 0 Å². The number of rotatable bonds is 2. The fourth-order valence-electron chi connectivity index (χ4n) is 1.13. The zero-order valence-corrected chi connectivity index (χ0v) is 7.89. The van der Waals surface area contributed by atoms with E-state index in [0.29, 0.717) is 5.69 Å². The number of aldehydes is 1. The van der Waals surface area contributed by atoms with Crippen LogP contribution in [0.15, 0.2) is 17.6 Å². The summed E-state index contributed by atoms with van der Waals surface area (Å²) in [6.07, 6.45) is 2.35. The zero-order chi connectivity index (χ0) is 9.26. The molecule has 0 aliphatic heterocycles. The van der Waals surface area contributed by atoms with Gasteiger partial charge in [0.05, 0.1) is 4.88 Å². The average molecular weight is 192 g/mol. The summed E-state index contributed by atoms with van der Waals surface area (Å²) in [7, 11) is 0. The van der Waals surface area contributed by atoms with Gasteiger partial charge in [-0.05, 0) is 23.9 Å². The summed E-state index contributed by atoms with van der Waals surface area (Å²) in [5.74, 6) is 0.773. The number of aromatic amines is 1. The van der Waals surface area contributed by atoms with Crippen LogP contribution in [0.2, 0.25) is 0 Å². The number of aryl methyl sites for hydroxylation is 1. The quantitative estimate of drug-likeness (QED) is 0.742. The molecule has 1 N–H and O–H groups in total. The molecule has 2 aromatic rings. The van der Waals surface area contributed by atoms with Crippen LogP contribution in [0.1, 0.15) is 16.1 Å². The molecular weight excluding hydrogens is 184 g/mol. The Morgan fingerprint density at radius 2 is 2.46 bits per heavy atom. The highest BCUT2D eigenvalue weighted by Gasteiger charge is 2.06. The third-order valence-electron chi connectivity index (χ3n) is 1.80. The smallest absolute Gasteiger partial charge is 0.170 e. The van der Waals surface area contributed by atoms with Crippen LogP contribution in [0, 0.1) is 6.92 Å². The molecule has 0 bridgehead atoms. The first kappa shape index (κ1) is 8.19. The number of carbonyl (C=O) groups is 1. The molecule has 2 heterocycles. The molecule has 0 aliphatic carbocycles. The van der Waals surface area contributed by atoms with Crippen molar-refractivity contribution in [2.75, 3.05) is 0 Å². The van der Waals surface area contributed by atoms with Gasteiger partial charge in [0.25, 0.3) is 0 Å². The Kier molecular flexibility index (Phi) is 1.98. The Morgan fingerprint density at radius 1 is 1.62 bits per heavy atom. The first-order chi connectivity index (χ1) is 6.31. The van der Waals surface area contributed by atoms with Crippen molar-refractivity contribution in [1.29, 1.82) is 0 Å². The van der Waals surface area contributed by atoms with E-state index in [1.807, 2.05) is 18.4 Å². The molecule has 0 spiro atoms. The van der Waals surface area contributed by atoms with Gasteiger partial charge in [0, 0.05) is 6.20 Å². The molecule has 66 valence electrons. The lowest BCUT2D eigenvalue weighted by Gasteiger charge is -1.91. The van der Waals surface area contributed by atoms with Gasteiger partial charge < -0.3 is 4.98 Å². The van der Waals surface area contributed by atoms with E-state index < -0.39 is 0 Å². The van der Waals surface area contributed by atoms with Crippen molar-refractivity contribution in [2.45, 2.75) is 6.92 Å². The summed E-state index contributed by atoms with van der Waals surface area (Å²) < 4.78 is 0. The fraction of sp³-hybridized carbons (Fsp3) is 0.111. The van der Waals surface area contributed by atoms with Crippen LogP contribution in [0.25, 0.3) is 10.7 Å². The number of H-pyrrole nitrogens is 1. The summed E-state index contributed by atoms with van der Waals surface area (Å²) >= 11 is 1.62. The maximum Gasteiger partial charge on any atom is 0.170 e. The molecule has 0 aromatic carbocycles. The van der Waals surface area contributed by atoms with E-state index in [1.165, 1.54) is 5.56 Å². The number of aromatic nitrogens is 2. The molecular formula is C9H8N2OS. The van der Waals surface area contributed by atoms with Crippen LogP contribution in [-0.2, 0) is 0 Å². The second kappa shape index (κ2) is 3.14. The van der Waals surface area contributed by atoms with Gasteiger partial charge in [-0.2, -0.15) is 0 Å². The second-order valence-corrected chi connectivity index (χ2v) is 3.64. The number of nitrogens with zero attached hydrogens (tertiary/aromatic N) is 1. The van der Waals surface area contributed by atoms with E-state index in [-0.39, 0.29) is 0 Å². The molecule has 13 heavy (non-hydrogen) atoms. The summed E-state index contributed by atoms with van der Waals surface area (Å²) in [5.41, 5.74) is 1.62. The molecule has 0 saturated heterocycles. The molecule has 0 unspecified atom stereocenters. The molecule has 2 aromatic heterocycles. The van der Waals surface area contributed by atoms with Crippen molar-refractivity contribution >= 4 is 17.6 Å². The van der Waals surface area contributed by atoms with Crippen molar-refractivity contribution in [2.24, 2.45) is 0 Å². The Morgan fingerprint density at radius 3 is 3.00 bits per heavy atom. The van der Waals surface area contributed by atoms with Crippen LogP contribution in [0.4, 0.5) is 0 Å². The highest BCUT2D eigenvalue weighted by molar-refractivity contribution is 7.13. The summed E-state index contributed by atoms with van der Waals surface area (Å²) in [6.45, 7) is 2.02. The second-order valence-electron chi connectivity index (χ2n) is 2.72. The summed E-state index contributed by atoms with van der Waals surface area (Å²) in [4.78, 5) is 18.6. The molecule has 0 radical (unpaired) electrons. The van der Waals surface area contributed by atoms with E-state index in [2.05, 4.69) is 9.97 Å². The van der Waals surface area contributed by atoms with Gasteiger partial charge in [-0.15, -0.1) is 11.3 Å². The predicted octanol–water partition coefficient (Wildman–Crippen LogP) is 2.26. The normalized spacial score (nSPS) is 10.2. The van der Waals surface area contributed by atoms with E-state index in [0.717, 1.165) is 17.0 Å². The molecule has 0 fully saturated rings. The Hall–Kier alpha value is -1.42. The van der Waals surface area contributed by atoms with Crippen molar-refractivity contribution in [3.8, 4) is 10.7 Å². The minimum atomic E-state index is 0.447.